The van der Waals surface area contributed by atoms with Gasteiger partial charge in [0.1, 0.15) is 39.2 Å². The number of hydrogen-bond acceptors (Lipinski definition) is 19. The van der Waals surface area contributed by atoms with Crippen molar-refractivity contribution in [2.45, 2.75) is 14.7 Å². The molecule has 55 heavy (non-hydrogen) atoms. The number of para-hydroxylation sites is 1. The summed E-state index contributed by atoms with van der Waals surface area (Å²) in [6, 6.07) is 25.5. The van der Waals surface area contributed by atoms with Crippen molar-refractivity contribution in [3.8, 4) is 23.0 Å². The number of nitrogens with zero attached hydrogens (tertiary/aromatic N) is 4. The van der Waals surface area contributed by atoms with Crippen molar-refractivity contribution in [3.63, 3.8) is 0 Å². The number of methoxy groups -OCH3 is 1. The number of anilines is 1. The summed E-state index contributed by atoms with van der Waals surface area (Å²) in [4.78, 5) is -0.0728. The van der Waals surface area contributed by atoms with E-state index in [1.807, 2.05) is 30.3 Å². The molecule has 0 bridgehead atoms. The van der Waals surface area contributed by atoms with E-state index in [9.17, 15) is 23.2 Å². The molecule has 0 aliphatic carbocycles. The molecule has 6 aromatic rings. The van der Waals surface area contributed by atoms with Gasteiger partial charge in [-0.3, -0.25) is 4.55 Å². The maximum Gasteiger partial charge on any atom is 0.295 e. The van der Waals surface area contributed by atoms with Crippen molar-refractivity contribution in [3.05, 3.63) is 97.1 Å². The molecule has 0 aliphatic heterocycles. The molecule has 0 fully saturated rings. The molecule has 18 nitrogen and oxygen atoms in total. The highest BCUT2D eigenvalue weighted by molar-refractivity contribution is 7.95. The van der Waals surface area contributed by atoms with Crippen molar-refractivity contribution in [2.24, 2.45) is 20.5 Å². The van der Waals surface area contributed by atoms with Crippen LogP contribution in [0.4, 0.5) is 28.4 Å². The molecule has 0 aromatic heterocycles. The molecule has 284 valence electrons. The topological polar surface area (TPSA) is 252 Å². The quantitative estimate of drug-likeness (QED) is 0.0133. The van der Waals surface area contributed by atoms with Gasteiger partial charge in [0.2, 0.25) is 0 Å². The third-order valence-corrected chi connectivity index (χ3v) is 9.65. The average Bonchev–Trinajstić information content (AvgIpc) is 3.18. The Labute approximate surface area is 319 Å². The van der Waals surface area contributed by atoms with E-state index >= 15 is 0 Å². The lowest BCUT2D eigenvalue weighted by Gasteiger charge is -2.12. The largest absolute Gasteiger partial charge is 0.506 e. The lowest BCUT2D eigenvalue weighted by atomic mass is 10.1. The maximum absolute atomic E-state index is 12.2. The number of fused-ring (bicyclic) bond motifs is 2. The summed E-state index contributed by atoms with van der Waals surface area (Å²) in [6.07, 6.45) is 0. The van der Waals surface area contributed by atoms with E-state index in [0.29, 0.717) is 51.7 Å². The third-order valence-electron chi connectivity index (χ3n) is 7.58. The molecular formula is C34H27N5O13S3. The van der Waals surface area contributed by atoms with Gasteiger partial charge in [-0.25, -0.2) is 10.5 Å². The number of ether oxygens (including phenoxy) is 2. The predicted molar refractivity (Wildman–Crippen MR) is 199 cm³/mol. The zero-order valence-electron chi connectivity index (χ0n) is 28.0. The molecule has 6 aromatic carbocycles. The Bertz CT molecular complexity index is 2510. The second-order valence-corrected chi connectivity index (χ2v) is 13.9. The first-order valence-electron chi connectivity index (χ1n) is 15.4. The Kier molecular flexibility index (Phi) is 12.6. The molecule has 6 rings (SSSR count). The lowest BCUT2D eigenvalue weighted by molar-refractivity contribution is -0.432. The summed E-state index contributed by atoms with van der Waals surface area (Å²) >= 11 is 1.06. The number of hydrogen-bond donors (Lipinski definition) is 6. The molecule has 0 spiro atoms. The normalized spacial score (nSPS) is 11.9. The van der Waals surface area contributed by atoms with Gasteiger partial charge in [0.05, 0.1) is 41.8 Å². The minimum Gasteiger partial charge on any atom is -0.506 e. The van der Waals surface area contributed by atoms with Gasteiger partial charge in [-0.15, -0.1) is 24.0 Å². The number of nitrogens with one attached hydrogen (secondary N) is 1. The van der Waals surface area contributed by atoms with E-state index < -0.39 is 20.8 Å². The highest BCUT2D eigenvalue weighted by atomic mass is 32.2. The van der Waals surface area contributed by atoms with Gasteiger partial charge in [-0.1, -0.05) is 34.3 Å². The number of rotatable bonds is 16. The first-order valence-corrected chi connectivity index (χ1v) is 18.3. The Morgan fingerprint density at radius 3 is 2.25 bits per heavy atom. The van der Waals surface area contributed by atoms with Crippen LogP contribution in [0.5, 0.6) is 23.0 Å². The van der Waals surface area contributed by atoms with E-state index in [2.05, 4.69) is 44.5 Å². The van der Waals surface area contributed by atoms with Gasteiger partial charge in [0.15, 0.2) is 12.5 Å². The SMILES string of the molecule is COc1cc(N=Nc2c(SOOO)cc3cc(NCOc4ccccc4)ccc3c2O)c(O)cc1N=Nc1ccc2cc(SOOO)cc(S(=O)(=O)O)c2c1. The van der Waals surface area contributed by atoms with E-state index in [1.54, 1.807) is 24.3 Å². The summed E-state index contributed by atoms with van der Waals surface area (Å²) in [5, 5.41) is 67.8. The van der Waals surface area contributed by atoms with Crippen LogP contribution >= 0.6 is 24.1 Å². The molecule has 0 radical (unpaired) electrons. The van der Waals surface area contributed by atoms with Gasteiger partial charge in [0, 0.05) is 33.5 Å². The Morgan fingerprint density at radius 1 is 0.745 bits per heavy atom. The molecule has 0 saturated heterocycles. The van der Waals surface area contributed by atoms with Crippen LogP contribution in [0.2, 0.25) is 0 Å². The monoisotopic (exact) mass is 809 g/mol. The standard InChI is InChI=1S/C34H27N5O13S3/c1-47-30-17-27(29(40)16-28(30)38-36-22-8-7-19-12-24(53-51-49-42)15-32(26(19)14-22)55(44,45)46)37-39-33-31(54-52-50-43)13-20-11-21(9-10-25(20)34(33)41)35-18-48-23-5-3-2-4-6-23/h2-17,35,40-43H,18H2,1H3,(H,44,45,46). The molecule has 0 aliphatic rings. The summed E-state index contributed by atoms with van der Waals surface area (Å²) in [5.41, 5.74) is 0.743. The molecular weight excluding hydrogens is 783 g/mol. The lowest BCUT2D eigenvalue weighted by Crippen LogP contribution is -2.08. The number of aromatic hydroxyl groups is 2. The van der Waals surface area contributed by atoms with Crippen LogP contribution in [-0.2, 0) is 28.9 Å². The smallest absolute Gasteiger partial charge is 0.295 e. The molecule has 0 atom stereocenters. The predicted octanol–water partition coefficient (Wildman–Crippen LogP) is 9.80. The molecule has 0 amide bonds. The number of phenols is 2. The van der Waals surface area contributed by atoms with Crippen molar-refractivity contribution in [1.82, 2.24) is 0 Å². The Balaban J connectivity index is 1.26. The fourth-order valence-corrected chi connectivity index (χ4v) is 6.89. The van der Waals surface area contributed by atoms with Crippen LogP contribution in [0.1, 0.15) is 0 Å². The van der Waals surface area contributed by atoms with Crippen LogP contribution in [0.3, 0.4) is 0 Å². The first-order chi connectivity index (χ1) is 26.6. The molecule has 0 unspecified atom stereocenters. The molecule has 21 heteroatoms. The Hall–Kier alpha value is -5.59. The van der Waals surface area contributed by atoms with E-state index in [1.165, 1.54) is 43.5 Å². The second-order valence-electron chi connectivity index (χ2n) is 11.0. The van der Waals surface area contributed by atoms with Crippen molar-refractivity contribution in [1.29, 1.82) is 0 Å². The number of benzene rings is 6. The molecule has 0 saturated carbocycles. The van der Waals surface area contributed by atoms with E-state index in [0.717, 1.165) is 6.07 Å². The van der Waals surface area contributed by atoms with Crippen molar-refractivity contribution >= 4 is 84.2 Å². The van der Waals surface area contributed by atoms with Gasteiger partial charge in [-0.05, 0) is 71.4 Å². The summed E-state index contributed by atoms with van der Waals surface area (Å²) in [6.45, 7) is 0.173. The molecule has 0 heterocycles. The van der Waals surface area contributed by atoms with Gasteiger partial charge in [-0.2, -0.15) is 13.5 Å². The van der Waals surface area contributed by atoms with Gasteiger partial charge < -0.3 is 25.0 Å². The summed E-state index contributed by atoms with van der Waals surface area (Å²) in [5.74, 6) is 0.102. The minimum atomic E-state index is -4.71. The summed E-state index contributed by atoms with van der Waals surface area (Å²) in [7, 11) is -3.36. The van der Waals surface area contributed by atoms with E-state index in [4.69, 9.17) is 20.0 Å². The minimum absolute atomic E-state index is 0.0545. The maximum atomic E-state index is 12.2. The van der Waals surface area contributed by atoms with E-state index in [-0.39, 0.29) is 56.2 Å². The van der Waals surface area contributed by atoms with Gasteiger partial charge >= 0.3 is 0 Å². The van der Waals surface area contributed by atoms with Crippen LogP contribution in [0.25, 0.3) is 21.5 Å². The van der Waals surface area contributed by atoms with Crippen molar-refractivity contribution in [2.75, 3.05) is 19.2 Å². The van der Waals surface area contributed by atoms with Gasteiger partial charge in [0.25, 0.3) is 10.1 Å². The Morgan fingerprint density at radius 2 is 1.51 bits per heavy atom. The highest BCUT2D eigenvalue weighted by Gasteiger charge is 2.19. The fraction of sp³-hybridized carbons (Fsp3) is 0.0588. The molecule has 6 N–H and O–H groups in total. The van der Waals surface area contributed by atoms with Crippen molar-refractivity contribution < 1.29 is 61.9 Å². The summed E-state index contributed by atoms with van der Waals surface area (Å²) < 4.78 is 54.3. The fourth-order valence-electron chi connectivity index (χ4n) is 5.14. The van der Waals surface area contributed by atoms with Crippen LogP contribution in [0, 0.1) is 0 Å². The first kappa shape index (κ1) is 39.1. The highest BCUT2D eigenvalue weighted by Crippen LogP contribution is 2.46. The zero-order chi connectivity index (χ0) is 39.0. The average molecular weight is 810 g/mol. The zero-order valence-corrected chi connectivity index (χ0v) is 30.4. The van der Waals surface area contributed by atoms with Crippen LogP contribution < -0.4 is 14.8 Å². The van der Waals surface area contributed by atoms with Crippen LogP contribution in [0.15, 0.2) is 132 Å². The number of phenolic OH excluding ortho intramolecular Hbond substituents is 2. The van der Waals surface area contributed by atoms with Crippen LogP contribution in [-0.4, -0.2) is 47.5 Å². The number of azo groups is 2. The second kappa shape index (κ2) is 17.7. The third kappa shape index (κ3) is 9.56.